The fraction of sp³-hybridized carbons (Fsp3) is 0.810. The van der Waals surface area contributed by atoms with Gasteiger partial charge < -0.3 is 2.85 Å². The Morgan fingerprint density at radius 1 is 1.08 bits per heavy atom. The molecule has 0 aliphatic heterocycles. The molecule has 0 N–H and O–H groups in total. The van der Waals surface area contributed by atoms with E-state index in [-0.39, 0.29) is 51.4 Å². The summed E-state index contributed by atoms with van der Waals surface area (Å²) >= 11 is 0. The number of hydrogen-bond donors (Lipinski definition) is 0. The van der Waals surface area contributed by atoms with E-state index in [0.717, 1.165) is 43.4 Å². The maximum atomic E-state index is 12.1. The number of hydrogen-bond acceptors (Lipinski definition) is 2. The van der Waals surface area contributed by atoms with Gasteiger partial charge in [-0.3, -0.25) is 9.59 Å². The summed E-state index contributed by atoms with van der Waals surface area (Å²) < 4.78 is 0. The minimum Gasteiger partial charge on any atom is -1.00 e. The fourth-order valence-corrected chi connectivity index (χ4v) is 7.23. The van der Waals surface area contributed by atoms with Gasteiger partial charge in [0.1, 0.15) is 5.78 Å². The molecule has 6 atom stereocenters. The fourth-order valence-electron chi connectivity index (χ4n) is 7.23. The quantitative estimate of drug-likeness (QED) is 0.645. The van der Waals surface area contributed by atoms with Gasteiger partial charge in [0, 0.05) is 12.3 Å². The van der Waals surface area contributed by atoms with E-state index in [1.807, 2.05) is 6.08 Å². The van der Waals surface area contributed by atoms with Crippen molar-refractivity contribution < 1.29 is 12.4 Å². The van der Waals surface area contributed by atoms with Crippen LogP contribution in [0.25, 0.3) is 0 Å². The molecule has 0 heterocycles. The molecule has 3 fully saturated rings. The second kappa shape index (κ2) is 6.50. The van der Waals surface area contributed by atoms with E-state index >= 15 is 0 Å². The molecule has 4 rings (SSSR count). The van der Waals surface area contributed by atoms with Crippen LogP contribution in [0, 0.1) is 34.5 Å². The van der Waals surface area contributed by atoms with Gasteiger partial charge in [0.2, 0.25) is 0 Å². The molecule has 0 amide bonds. The molecule has 0 bridgehead atoms. The zero-order chi connectivity index (χ0) is 16.4. The average Bonchev–Trinajstić information content (AvgIpc) is 2.85. The van der Waals surface area contributed by atoms with Gasteiger partial charge in [-0.15, -0.1) is 0 Å². The van der Waals surface area contributed by atoms with Crippen molar-refractivity contribution in [3.63, 3.8) is 0 Å². The third-order valence-corrected chi connectivity index (χ3v) is 8.45. The number of carbonyl (C=O) groups excluding carboxylic acids is 2. The van der Waals surface area contributed by atoms with E-state index in [2.05, 4.69) is 13.8 Å². The number of ketones is 2. The van der Waals surface area contributed by atoms with Crippen LogP contribution in [0.1, 0.15) is 75.0 Å². The number of carbonyl (C=O) groups is 2. The largest absolute Gasteiger partial charge is 2.00 e. The Labute approximate surface area is 179 Å². The maximum absolute atomic E-state index is 12.1. The molecule has 3 saturated carbocycles. The summed E-state index contributed by atoms with van der Waals surface area (Å²) in [5.41, 5.74) is 1.95. The smallest absolute Gasteiger partial charge is 1.00 e. The van der Waals surface area contributed by atoms with Crippen LogP contribution in [0.3, 0.4) is 0 Å². The van der Waals surface area contributed by atoms with E-state index in [1.54, 1.807) is 6.92 Å². The van der Waals surface area contributed by atoms with Gasteiger partial charge >= 0.3 is 37.7 Å². The van der Waals surface area contributed by atoms with E-state index in [9.17, 15) is 9.59 Å². The molecule has 0 unspecified atom stereocenters. The Balaban J connectivity index is 0.00000113. The molecule has 130 valence electrons. The maximum Gasteiger partial charge on any atom is 2.00 e. The summed E-state index contributed by atoms with van der Waals surface area (Å²) in [5, 5.41) is 0. The van der Waals surface area contributed by atoms with Crippen molar-refractivity contribution in [2.24, 2.45) is 34.5 Å². The summed E-state index contributed by atoms with van der Waals surface area (Å²) in [7, 11) is 0. The molecule has 0 radical (unpaired) electrons. The second-order valence-corrected chi connectivity index (χ2v) is 9.25. The molecule has 4 aliphatic rings. The van der Waals surface area contributed by atoms with Crippen molar-refractivity contribution in [1.29, 1.82) is 0 Å². The van der Waals surface area contributed by atoms with Gasteiger partial charge in [-0.2, -0.15) is 0 Å². The van der Waals surface area contributed by atoms with Crippen LogP contribution in [-0.2, 0) is 9.59 Å². The third kappa shape index (κ3) is 2.62. The van der Waals surface area contributed by atoms with Gasteiger partial charge in [0.15, 0.2) is 5.78 Å². The predicted molar refractivity (Wildman–Crippen MR) is 98.9 cm³/mol. The van der Waals surface area contributed by atoms with Crippen molar-refractivity contribution in [3.05, 3.63) is 11.6 Å². The number of Topliss-reactive ketones (excluding diaryl/α,β-unsaturated/α-hetero) is 1. The molecule has 0 saturated heterocycles. The molecule has 3 heteroatoms. The predicted octanol–water partition coefficient (Wildman–Crippen LogP) is 4.57. The SMILES string of the molecule is CC(=O)[C@H]1CC[C@H]2[C@@H]3CCC4=CC(=O)CC[C@]4(C)[C@H]3CC[C@]12C.[Ca+2].[H-].[H-]. The molecule has 0 aromatic carbocycles. The zero-order valence-electron chi connectivity index (χ0n) is 17.6. The van der Waals surface area contributed by atoms with Gasteiger partial charge in [-0.05, 0) is 86.5 Å². The van der Waals surface area contributed by atoms with Gasteiger partial charge in [0.25, 0.3) is 0 Å². The standard InChI is InChI=1S/C21H30O2.Ca.2H/c1-13(22)17-6-7-18-16-5-4-14-12-15(23)8-10-20(14,2)19(16)9-11-21(17,18)3;;;/h12,16-19H,4-11H2,1-3H3;;;/q;+2;2*-1/t16-,17+,18-,19-,20-,21+;;;/m0.../s1. The van der Waals surface area contributed by atoms with E-state index < -0.39 is 0 Å². The first-order valence-corrected chi connectivity index (χ1v) is 9.60. The Morgan fingerprint density at radius 2 is 1.83 bits per heavy atom. The minimum atomic E-state index is 0. The Morgan fingerprint density at radius 3 is 2.54 bits per heavy atom. The van der Waals surface area contributed by atoms with Crippen molar-refractivity contribution in [1.82, 2.24) is 0 Å². The van der Waals surface area contributed by atoms with Crippen LogP contribution in [0.2, 0.25) is 0 Å². The Bertz CT molecular complexity index is 605. The monoisotopic (exact) mass is 356 g/mol. The van der Waals surface area contributed by atoms with Crippen LogP contribution in [-0.4, -0.2) is 49.3 Å². The van der Waals surface area contributed by atoms with E-state index in [1.165, 1.54) is 31.3 Å². The minimum absolute atomic E-state index is 0. The normalized spacial score (nSPS) is 47.0. The number of allylic oxidation sites excluding steroid dienone is 1. The summed E-state index contributed by atoms with van der Waals surface area (Å²) in [6.45, 7) is 6.65. The van der Waals surface area contributed by atoms with Crippen LogP contribution in [0.4, 0.5) is 0 Å². The Kier molecular flexibility index (Phi) is 5.17. The molecule has 0 aromatic rings. The summed E-state index contributed by atoms with van der Waals surface area (Å²) in [6, 6.07) is 0. The molecular formula is C21H32CaO2. The molecule has 4 aliphatic carbocycles. The van der Waals surface area contributed by atoms with Crippen LogP contribution in [0.5, 0.6) is 0 Å². The van der Waals surface area contributed by atoms with Crippen molar-refractivity contribution >= 4 is 49.3 Å². The molecule has 2 nitrogen and oxygen atoms in total. The molecule has 0 aromatic heterocycles. The van der Waals surface area contributed by atoms with Crippen LogP contribution in [0.15, 0.2) is 11.6 Å². The summed E-state index contributed by atoms with van der Waals surface area (Å²) in [6.07, 6.45) is 10.9. The van der Waals surface area contributed by atoms with E-state index in [4.69, 9.17) is 0 Å². The van der Waals surface area contributed by atoms with Gasteiger partial charge in [0.05, 0.1) is 0 Å². The summed E-state index contributed by atoms with van der Waals surface area (Å²) in [4.78, 5) is 24.0. The van der Waals surface area contributed by atoms with Crippen molar-refractivity contribution in [2.75, 3.05) is 0 Å². The number of rotatable bonds is 1. The summed E-state index contributed by atoms with van der Waals surface area (Å²) in [5.74, 6) is 3.29. The average molecular weight is 357 g/mol. The first-order valence-electron chi connectivity index (χ1n) is 9.60. The second-order valence-electron chi connectivity index (χ2n) is 9.25. The third-order valence-electron chi connectivity index (χ3n) is 8.45. The molecule has 0 spiro atoms. The zero-order valence-corrected chi connectivity index (χ0v) is 17.8. The number of fused-ring (bicyclic) bond motifs is 5. The first kappa shape index (κ1) is 19.1. The molecule has 24 heavy (non-hydrogen) atoms. The topological polar surface area (TPSA) is 34.1 Å². The van der Waals surface area contributed by atoms with Gasteiger partial charge in [-0.1, -0.05) is 19.4 Å². The van der Waals surface area contributed by atoms with Crippen LogP contribution >= 0.6 is 0 Å². The van der Waals surface area contributed by atoms with Crippen LogP contribution < -0.4 is 0 Å². The van der Waals surface area contributed by atoms with Crippen molar-refractivity contribution in [3.8, 4) is 0 Å². The molecular weight excluding hydrogens is 324 g/mol. The van der Waals surface area contributed by atoms with Crippen molar-refractivity contribution in [2.45, 2.75) is 72.1 Å². The Hall–Kier alpha value is 0.340. The van der Waals surface area contributed by atoms with E-state index in [0.29, 0.717) is 17.5 Å². The van der Waals surface area contributed by atoms with Gasteiger partial charge in [-0.25, -0.2) is 0 Å². The first-order chi connectivity index (χ1) is 10.9.